The van der Waals surface area contributed by atoms with E-state index in [1.807, 2.05) is 0 Å². The maximum absolute atomic E-state index is 13.1. The molecule has 0 aliphatic carbocycles. The second-order valence-corrected chi connectivity index (χ2v) is 3.03. The van der Waals surface area contributed by atoms with Crippen LogP contribution >= 0.6 is 0 Å². The molecule has 16 heavy (non-hydrogen) atoms. The Hall–Kier alpha value is -1.73. The number of halogens is 4. The predicted octanol–water partition coefficient (Wildman–Crippen LogP) is 1.69. The van der Waals surface area contributed by atoms with Crippen molar-refractivity contribution >= 4 is 12.9 Å². The Kier molecular flexibility index (Phi) is 3.41. The lowest BCUT2D eigenvalue weighted by Gasteiger charge is -2.15. The second-order valence-electron chi connectivity index (χ2n) is 3.03. The van der Waals surface area contributed by atoms with Gasteiger partial charge in [-0.25, -0.2) is 4.39 Å². The highest BCUT2D eigenvalue weighted by Gasteiger charge is 2.24. The zero-order chi connectivity index (χ0) is 12.3. The standard InChI is InChI=1S/C8H7BF4NO2/c10-7-3-5(16-4-9(11,12)13)1-2-6(7)8(14)15/h1-3H,4H2,(H2,14,15)/q-1. The fourth-order valence-electron chi connectivity index (χ4n) is 0.976. The molecular formula is C8H7BF4NO2-. The van der Waals surface area contributed by atoms with Crippen molar-refractivity contribution in [3.05, 3.63) is 29.6 Å². The molecular weight excluding hydrogens is 229 g/mol. The molecule has 0 saturated heterocycles. The van der Waals surface area contributed by atoms with E-state index in [1.54, 1.807) is 0 Å². The number of hydrogen-bond acceptors (Lipinski definition) is 2. The van der Waals surface area contributed by atoms with Crippen molar-refractivity contribution in [2.45, 2.75) is 0 Å². The first kappa shape index (κ1) is 12.3. The van der Waals surface area contributed by atoms with E-state index in [1.165, 1.54) is 0 Å². The maximum Gasteiger partial charge on any atom is 0.515 e. The lowest BCUT2D eigenvalue weighted by molar-refractivity contribution is 0.0996. The first-order valence-corrected chi connectivity index (χ1v) is 4.23. The van der Waals surface area contributed by atoms with Crippen LogP contribution in [0.3, 0.4) is 0 Å². The summed E-state index contributed by atoms with van der Waals surface area (Å²) in [5.74, 6) is -2.31. The molecule has 0 fully saturated rings. The quantitative estimate of drug-likeness (QED) is 0.638. The summed E-state index contributed by atoms with van der Waals surface area (Å²) >= 11 is 0. The van der Waals surface area contributed by atoms with Crippen LogP contribution in [0.5, 0.6) is 5.75 Å². The van der Waals surface area contributed by atoms with E-state index in [9.17, 15) is 22.1 Å². The van der Waals surface area contributed by atoms with Crippen LogP contribution in [0.4, 0.5) is 17.3 Å². The molecule has 0 aliphatic heterocycles. The fourth-order valence-corrected chi connectivity index (χ4v) is 0.976. The lowest BCUT2D eigenvalue weighted by Crippen LogP contribution is -2.26. The number of nitrogens with two attached hydrogens (primary N) is 1. The topological polar surface area (TPSA) is 52.3 Å². The van der Waals surface area contributed by atoms with Gasteiger partial charge in [-0.05, 0) is 12.1 Å². The summed E-state index contributed by atoms with van der Waals surface area (Å²) in [5, 5.41) is 0. The molecule has 0 aliphatic rings. The molecule has 0 spiro atoms. The second kappa shape index (κ2) is 4.42. The Morgan fingerprint density at radius 2 is 2.00 bits per heavy atom. The number of ether oxygens (including phenoxy) is 1. The number of carbonyl (C=O) groups excluding carboxylic acids is 1. The normalized spacial score (nSPS) is 11.2. The van der Waals surface area contributed by atoms with E-state index in [-0.39, 0.29) is 5.75 Å². The molecule has 1 aromatic carbocycles. The molecule has 0 atom stereocenters. The predicted molar refractivity (Wildman–Crippen MR) is 49.5 cm³/mol. The minimum absolute atomic E-state index is 0.304. The SMILES string of the molecule is NC(=O)c1ccc(OC[B-](F)(F)F)cc1F. The summed E-state index contributed by atoms with van der Waals surface area (Å²) in [5.41, 5.74) is 4.41. The summed E-state index contributed by atoms with van der Waals surface area (Å²) in [6, 6.07) is 2.70. The van der Waals surface area contributed by atoms with Crippen molar-refractivity contribution in [1.29, 1.82) is 0 Å². The van der Waals surface area contributed by atoms with E-state index >= 15 is 0 Å². The number of benzene rings is 1. The Labute approximate surface area is 88.2 Å². The summed E-state index contributed by atoms with van der Waals surface area (Å²) in [7, 11) is 0. The zero-order valence-electron chi connectivity index (χ0n) is 7.92. The summed E-state index contributed by atoms with van der Waals surface area (Å²) in [6.45, 7) is -6.56. The summed E-state index contributed by atoms with van der Waals surface area (Å²) in [4.78, 5) is 10.6. The van der Waals surface area contributed by atoms with Crippen LogP contribution in [-0.2, 0) is 0 Å². The molecule has 0 saturated carbocycles. The van der Waals surface area contributed by atoms with Gasteiger partial charge in [0.1, 0.15) is 11.6 Å². The molecule has 88 valence electrons. The van der Waals surface area contributed by atoms with Gasteiger partial charge in [-0.2, -0.15) is 0 Å². The highest BCUT2D eigenvalue weighted by molar-refractivity contribution is 6.58. The Bertz CT molecular complexity index is 408. The van der Waals surface area contributed by atoms with Gasteiger partial charge in [-0.3, -0.25) is 4.79 Å². The van der Waals surface area contributed by atoms with Crippen molar-refractivity contribution < 1.29 is 26.9 Å². The minimum Gasteiger partial charge on any atom is -0.522 e. The van der Waals surface area contributed by atoms with E-state index in [0.29, 0.717) is 6.07 Å². The molecule has 0 aromatic heterocycles. The molecule has 1 amide bonds. The van der Waals surface area contributed by atoms with Gasteiger partial charge in [0.15, 0.2) is 0 Å². The average Bonchev–Trinajstić information content (AvgIpc) is 2.13. The third-order valence-electron chi connectivity index (χ3n) is 1.64. The van der Waals surface area contributed by atoms with Gasteiger partial charge < -0.3 is 23.4 Å². The average molecular weight is 236 g/mol. The Balaban J connectivity index is 2.78. The van der Waals surface area contributed by atoms with Crippen LogP contribution in [0.2, 0.25) is 0 Å². The van der Waals surface area contributed by atoms with Gasteiger partial charge in [0.05, 0.1) is 12.1 Å². The Morgan fingerprint density at radius 3 is 2.44 bits per heavy atom. The van der Waals surface area contributed by atoms with Crippen molar-refractivity contribution in [3.63, 3.8) is 0 Å². The van der Waals surface area contributed by atoms with Crippen LogP contribution in [0.15, 0.2) is 18.2 Å². The summed E-state index contributed by atoms with van der Waals surface area (Å²) in [6.07, 6.45) is 0. The maximum atomic E-state index is 13.1. The lowest BCUT2D eigenvalue weighted by atomic mass is 9.95. The highest BCUT2D eigenvalue weighted by atomic mass is 19.4. The first-order valence-electron chi connectivity index (χ1n) is 4.23. The van der Waals surface area contributed by atoms with E-state index in [2.05, 4.69) is 4.74 Å². The monoisotopic (exact) mass is 236 g/mol. The number of hydrogen-bond donors (Lipinski definition) is 1. The van der Waals surface area contributed by atoms with Crippen LogP contribution < -0.4 is 10.5 Å². The fraction of sp³-hybridized carbons (Fsp3) is 0.125. The molecule has 0 radical (unpaired) electrons. The van der Waals surface area contributed by atoms with Crippen molar-refractivity contribution in [2.75, 3.05) is 6.51 Å². The third kappa shape index (κ3) is 3.45. The van der Waals surface area contributed by atoms with Gasteiger partial charge in [0.2, 0.25) is 0 Å². The molecule has 0 bridgehead atoms. The summed E-state index contributed by atoms with van der Waals surface area (Å²) < 4.78 is 52.8. The number of amides is 1. The molecule has 1 rings (SSSR count). The van der Waals surface area contributed by atoms with Gasteiger partial charge >= 0.3 is 6.98 Å². The van der Waals surface area contributed by atoms with E-state index in [4.69, 9.17) is 5.73 Å². The molecule has 0 unspecified atom stereocenters. The molecule has 2 N–H and O–H groups in total. The molecule has 8 heteroatoms. The van der Waals surface area contributed by atoms with Crippen LogP contribution in [0, 0.1) is 5.82 Å². The Morgan fingerprint density at radius 1 is 1.38 bits per heavy atom. The van der Waals surface area contributed by atoms with E-state index in [0.717, 1.165) is 12.1 Å². The molecule has 3 nitrogen and oxygen atoms in total. The first-order chi connectivity index (χ1) is 7.29. The van der Waals surface area contributed by atoms with E-state index < -0.39 is 30.8 Å². The molecule has 1 aromatic rings. The highest BCUT2D eigenvalue weighted by Crippen LogP contribution is 2.18. The number of primary amides is 1. The third-order valence-corrected chi connectivity index (χ3v) is 1.64. The largest absolute Gasteiger partial charge is 0.522 e. The zero-order valence-corrected chi connectivity index (χ0v) is 7.92. The number of rotatable bonds is 4. The van der Waals surface area contributed by atoms with Crippen molar-refractivity contribution in [3.8, 4) is 5.75 Å². The smallest absolute Gasteiger partial charge is 0.515 e. The van der Waals surface area contributed by atoms with Crippen LogP contribution in [-0.4, -0.2) is 19.4 Å². The van der Waals surface area contributed by atoms with Crippen LogP contribution in [0.25, 0.3) is 0 Å². The van der Waals surface area contributed by atoms with Crippen molar-refractivity contribution in [2.24, 2.45) is 5.73 Å². The van der Waals surface area contributed by atoms with Gasteiger partial charge in [0.25, 0.3) is 5.91 Å². The molecule has 0 heterocycles. The minimum atomic E-state index is -5.10. The van der Waals surface area contributed by atoms with Gasteiger partial charge in [0, 0.05) is 6.07 Å². The van der Waals surface area contributed by atoms with Crippen LogP contribution in [0.1, 0.15) is 10.4 Å². The van der Waals surface area contributed by atoms with Crippen molar-refractivity contribution in [1.82, 2.24) is 0 Å². The van der Waals surface area contributed by atoms with Gasteiger partial charge in [-0.15, -0.1) is 0 Å². The number of carbonyl (C=O) groups is 1. The van der Waals surface area contributed by atoms with Gasteiger partial charge in [-0.1, -0.05) is 0 Å².